The van der Waals surface area contributed by atoms with Crippen LogP contribution in [0.4, 0.5) is 13.2 Å². The van der Waals surface area contributed by atoms with E-state index in [2.05, 4.69) is 10.2 Å². The number of hydrogen-bond donors (Lipinski definition) is 1. The number of piperidine rings is 3. The molecule has 0 aromatic rings. The van der Waals surface area contributed by atoms with Gasteiger partial charge in [-0.05, 0) is 31.8 Å². The minimum Gasteiger partial charge on any atom is -0.311 e. The summed E-state index contributed by atoms with van der Waals surface area (Å²) in [5, 5.41) is 11.4. The molecule has 3 aliphatic heterocycles. The van der Waals surface area contributed by atoms with E-state index in [1.165, 1.54) is 6.07 Å². The Morgan fingerprint density at radius 1 is 1.35 bits per heavy atom. The first-order valence-electron chi connectivity index (χ1n) is 5.93. The average molecular weight is 247 g/mol. The summed E-state index contributed by atoms with van der Waals surface area (Å²) in [5.41, 5.74) is 0. The van der Waals surface area contributed by atoms with Crippen LogP contribution in [0, 0.1) is 23.2 Å². The second-order valence-electron chi connectivity index (χ2n) is 4.88. The highest BCUT2D eigenvalue weighted by atomic mass is 19.4. The Hall–Kier alpha value is -0.800. The molecule has 0 aliphatic carbocycles. The number of rotatable bonds is 3. The van der Waals surface area contributed by atoms with E-state index in [9.17, 15) is 13.2 Å². The molecule has 0 amide bonds. The van der Waals surface area contributed by atoms with E-state index >= 15 is 0 Å². The first kappa shape index (κ1) is 12.7. The van der Waals surface area contributed by atoms with Gasteiger partial charge in [-0.25, -0.2) is 0 Å². The van der Waals surface area contributed by atoms with E-state index in [0.717, 1.165) is 32.5 Å². The van der Waals surface area contributed by atoms with Gasteiger partial charge in [0.05, 0.1) is 6.07 Å². The van der Waals surface area contributed by atoms with Crippen molar-refractivity contribution < 1.29 is 13.2 Å². The molecule has 1 N–H and O–H groups in total. The zero-order valence-electron chi connectivity index (χ0n) is 9.50. The highest BCUT2D eigenvalue weighted by Gasteiger charge is 2.41. The molecule has 0 radical (unpaired) electrons. The molecule has 0 aromatic carbocycles. The zero-order valence-corrected chi connectivity index (χ0v) is 9.50. The Labute approximate surface area is 98.6 Å². The van der Waals surface area contributed by atoms with Gasteiger partial charge in [0, 0.05) is 19.1 Å². The van der Waals surface area contributed by atoms with Gasteiger partial charge in [-0.2, -0.15) is 18.4 Å². The molecule has 2 atom stereocenters. The topological polar surface area (TPSA) is 39.1 Å². The molecule has 0 aromatic heterocycles. The Balaban J connectivity index is 1.84. The van der Waals surface area contributed by atoms with Crippen LogP contribution < -0.4 is 5.32 Å². The molecular formula is C11H16F3N3. The quantitative estimate of drug-likeness (QED) is 0.818. The predicted octanol–water partition coefficient (Wildman–Crippen LogP) is 1.37. The normalized spacial score (nSPS) is 34.4. The summed E-state index contributed by atoms with van der Waals surface area (Å²) in [7, 11) is 0. The fourth-order valence-electron chi connectivity index (χ4n) is 2.70. The molecule has 3 heterocycles. The van der Waals surface area contributed by atoms with Crippen molar-refractivity contribution in [1.82, 2.24) is 10.2 Å². The van der Waals surface area contributed by atoms with Gasteiger partial charge in [0.1, 0.15) is 0 Å². The Bertz CT molecular complexity index is 302. The molecule has 3 saturated heterocycles. The lowest BCUT2D eigenvalue weighted by Gasteiger charge is -2.45. The van der Waals surface area contributed by atoms with E-state index in [0.29, 0.717) is 5.92 Å². The molecule has 3 nitrogen and oxygen atoms in total. The van der Waals surface area contributed by atoms with Crippen molar-refractivity contribution in [2.45, 2.75) is 25.1 Å². The summed E-state index contributed by atoms with van der Waals surface area (Å²) >= 11 is 0. The SMILES string of the molecule is N#CC(CNC1CN2CCC1CC2)C(F)(F)F. The minimum absolute atomic E-state index is 0.121. The molecule has 17 heavy (non-hydrogen) atoms. The molecule has 3 fully saturated rings. The molecule has 3 rings (SSSR count). The predicted molar refractivity (Wildman–Crippen MR) is 56.1 cm³/mol. The van der Waals surface area contributed by atoms with Crippen LogP contribution in [0.15, 0.2) is 0 Å². The van der Waals surface area contributed by atoms with Crippen molar-refractivity contribution in [2.24, 2.45) is 11.8 Å². The maximum absolute atomic E-state index is 12.4. The van der Waals surface area contributed by atoms with Crippen molar-refractivity contribution in [3.05, 3.63) is 0 Å². The van der Waals surface area contributed by atoms with Gasteiger partial charge in [0.25, 0.3) is 0 Å². The van der Waals surface area contributed by atoms with Crippen molar-refractivity contribution in [3.63, 3.8) is 0 Å². The lowest BCUT2D eigenvalue weighted by atomic mass is 9.84. The third-order valence-electron chi connectivity index (χ3n) is 3.79. The second-order valence-corrected chi connectivity index (χ2v) is 4.88. The van der Waals surface area contributed by atoms with Gasteiger partial charge in [-0.1, -0.05) is 0 Å². The largest absolute Gasteiger partial charge is 0.405 e. The standard InChI is InChI=1S/C11H16F3N3/c12-11(13,14)9(5-15)6-16-10-7-17-3-1-8(10)2-4-17/h8-10,16H,1-4,6-7H2. The lowest BCUT2D eigenvalue weighted by Crippen LogP contribution is -2.57. The molecule has 3 aliphatic rings. The number of hydrogen-bond acceptors (Lipinski definition) is 3. The average Bonchev–Trinajstić information content (AvgIpc) is 2.29. The van der Waals surface area contributed by atoms with Gasteiger partial charge >= 0.3 is 6.18 Å². The zero-order chi connectivity index (χ0) is 12.5. The van der Waals surface area contributed by atoms with Gasteiger partial charge in [0.2, 0.25) is 0 Å². The van der Waals surface area contributed by atoms with Crippen LogP contribution in [0.2, 0.25) is 0 Å². The summed E-state index contributed by atoms with van der Waals surface area (Å²) in [6, 6.07) is 1.45. The Morgan fingerprint density at radius 3 is 2.41 bits per heavy atom. The van der Waals surface area contributed by atoms with E-state index in [-0.39, 0.29) is 12.6 Å². The molecule has 0 spiro atoms. The first-order valence-corrected chi connectivity index (χ1v) is 5.93. The number of nitrogens with zero attached hydrogens (tertiary/aromatic N) is 2. The number of nitriles is 1. The molecule has 0 saturated carbocycles. The van der Waals surface area contributed by atoms with E-state index in [1.54, 1.807) is 0 Å². The smallest absolute Gasteiger partial charge is 0.311 e. The van der Waals surface area contributed by atoms with Gasteiger partial charge in [-0.15, -0.1) is 0 Å². The number of fused-ring (bicyclic) bond motifs is 3. The summed E-state index contributed by atoms with van der Waals surface area (Å²) in [5.74, 6) is -1.41. The summed E-state index contributed by atoms with van der Waals surface area (Å²) < 4.78 is 37.2. The minimum atomic E-state index is -4.42. The van der Waals surface area contributed by atoms with Crippen LogP contribution in [0.5, 0.6) is 0 Å². The Kier molecular flexibility index (Phi) is 3.59. The molecule has 2 unspecified atom stereocenters. The van der Waals surface area contributed by atoms with Crippen LogP contribution in [0.1, 0.15) is 12.8 Å². The van der Waals surface area contributed by atoms with Gasteiger partial charge in [-0.3, -0.25) is 0 Å². The van der Waals surface area contributed by atoms with Crippen molar-refractivity contribution in [1.29, 1.82) is 5.26 Å². The van der Waals surface area contributed by atoms with Crippen LogP contribution in [-0.4, -0.2) is 43.3 Å². The van der Waals surface area contributed by atoms with Crippen molar-refractivity contribution in [3.8, 4) is 6.07 Å². The second kappa shape index (κ2) is 4.83. The first-order chi connectivity index (χ1) is 8.00. The van der Waals surface area contributed by atoms with Crippen molar-refractivity contribution >= 4 is 0 Å². The Morgan fingerprint density at radius 2 is 2.00 bits per heavy atom. The highest BCUT2D eigenvalue weighted by molar-refractivity contribution is 4.95. The van der Waals surface area contributed by atoms with E-state index in [1.807, 2.05) is 0 Å². The van der Waals surface area contributed by atoms with E-state index < -0.39 is 12.1 Å². The summed E-state index contributed by atoms with van der Waals surface area (Å²) in [6.45, 7) is 2.66. The third-order valence-corrected chi connectivity index (χ3v) is 3.79. The number of halogens is 3. The van der Waals surface area contributed by atoms with Crippen LogP contribution in [-0.2, 0) is 0 Å². The third kappa shape index (κ3) is 2.90. The van der Waals surface area contributed by atoms with Crippen molar-refractivity contribution in [2.75, 3.05) is 26.2 Å². The summed E-state index contributed by atoms with van der Waals surface area (Å²) in [6.07, 6.45) is -2.31. The molecule has 6 heteroatoms. The van der Waals surface area contributed by atoms with Crippen LogP contribution in [0.3, 0.4) is 0 Å². The lowest BCUT2D eigenvalue weighted by molar-refractivity contribution is -0.158. The van der Waals surface area contributed by atoms with Gasteiger partial charge in [0.15, 0.2) is 5.92 Å². The molecule has 96 valence electrons. The van der Waals surface area contributed by atoms with E-state index in [4.69, 9.17) is 5.26 Å². The maximum Gasteiger partial charge on any atom is 0.405 e. The fourth-order valence-corrected chi connectivity index (χ4v) is 2.70. The van der Waals surface area contributed by atoms with Crippen LogP contribution >= 0.6 is 0 Å². The maximum atomic E-state index is 12.4. The van der Waals surface area contributed by atoms with Gasteiger partial charge < -0.3 is 10.2 Å². The van der Waals surface area contributed by atoms with Crippen LogP contribution in [0.25, 0.3) is 0 Å². The summed E-state index contributed by atoms with van der Waals surface area (Å²) in [4.78, 5) is 2.27. The fraction of sp³-hybridized carbons (Fsp3) is 0.909. The molecular weight excluding hydrogens is 231 g/mol. The highest BCUT2D eigenvalue weighted by Crippen LogP contribution is 2.29. The molecule has 2 bridgehead atoms. The number of alkyl halides is 3. The number of nitrogens with one attached hydrogen (secondary N) is 1. The monoisotopic (exact) mass is 247 g/mol.